The first kappa shape index (κ1) is 18.5. The highest BCUT2D eigenvalue weighted by molar-refractivity contribution is 4.77. The van der Waals surface area contributed by atoms with Crippen molar-refractivity contribution >= 4 is 0 Å². The molecule has 0 aliphatic carbocycles. The summed E-state index contributed by atoms with van der Waals surface area (Å²) >= 11 is 0. The third-order valence-electron chi connectivity index (χ3n) is 2.66. The molecule has 0 saturated carbocycles. The predicted molar refractivity (Wildman–Crippen MR) is 79.0 cm³/mol. The molecule has 19 heavy (non-hydrogen) atoms. The minimum Gasteiger partial charge on any atom is -0.228 e. The smallest absolute Gasteiger partial charge is 0.209 e. The molecule has 0 rings (SSSR count). The predicted octanol–water partition coefficient (Wildman–Crippen LogP) is 5.14. The van der Waals surface area contributed by atoms with Crippen LogP contribution in [0.25, 0.3) is 0 Å². The van der Waals surface area contributed by atoms with Crippen LogP contribution in [0.3, 0.4) is 0 Å². The molecule has 1 atom stereocenters. The molecule has 0 N–H and O–H groups in total. The van der Waals surface area contributed by atoms with E-state index in [0.717, 1.165) is 12.8 Å². The van der Waals surface area contributed by atoms with Crippen LogP contribution in [0.2, 0.25) is 0 Å². The summed E-state index contributed by atoms with van der Waals surface area (Å²) in [7, 11) is 0. The molecular formula is C15H32N2O2. The summed E-state index contributed by atoms with van der Waals surface area (Å²) in [5.74, 6) is 0.456. The topological polar surface area (TPSA) is 43.2 Å². The van der Waals surface area contributed by atoms with Crippen LogP contribution < -0.4 is 0 Å². The third kappa shape index (κ3) is 9.11. The third-order valence-corrected chi connectivity index (χ3v) is 2.66. The van der Waals surface area contributed by atoms with Gasteiger partial charge < -0.3 is 0 Å². The molecule has 0 aromatic carbocycles. The van der Waals surface area contributed by atoms with Crippen LogP contribution in [0.1, 0.15) is 75.2 Å². The lowest BCUT2D eigenvalue weighted by Gasteiger charge is -2.30. The Bertz CT molecular complexity index is 293. The number of hydrogen-bond acceptors (Lipinski definition) is 4. The van der Waals surface area contributed by atoms with E-state index in [1.54, 1.807) is 0 Å². The highest BCUT2D eigenvalue weighted by Crippen LogP contribution is 2.27. The van der Waals surface area contributed by atoms with Crippen LogP contribution in [0.15, 0.2) is 10.2 Å². The Morgan fingerprint density at radius 2 is 1.42 bits per heavy atom. The number of rotatable bonds is 7. The Morgan fingerprint density at radius 1 is 0.895 bits per heavy atom. The van der Waals surface area contributed by atoms with Gasteiger partial charge in [-0.2, -0.15) is 10.2 Å². The molecule has 0 amide bonds. The first-order valence-corrected chi connectivity index (χ1v) is 7.20. The second-order valence-electron chi connectivity index (χ2n) is 7.42. The van der Waals surface area contributed by atoms with E-state index in [0.29, 0.717) is 5.92 Å². The zero-order chi connectivity index (χ0) is 15.3. The zero-order valence-electron chi connectivity index (χ0n) is 14.2. The fraction of sp³-hybridized carbons (Fsp3) is 1.00. The molecule has 0 spiro atoms. The molecular weight excluding hydrogens is 240 g/mol. The lowest BCUT2D eigenvalue weighted by atomic mass is 10.0. The number of azo groups is 1. The van der Waals surface area contributed by atoms with Gasteiger partial charge in [0.1, 0.15) is 0 Å². The Labute approximate surface area is 118 Å². The van der Waals surface area contributed by atoms with Crippen LogP contribution in [0, 0.1) is 5.92 Å². The highest BCUT2D eigenvalue weighted by atomic mass is 17.2. The summed E-state index contributed by atoms with van der Waals surface area (Å²) in [4.78, 5) is 11.0. The maximum Gasteiger partial charge on any atom is 0.209 e. The summed E-state index contributed by atoms with van der Waals surface area (Å²) in [6, 6.07) is 0. The maximum atomic E-state index is 5.58. The fourth-order valence-electron chi connectivity index (χ4n) is 1.38. The van der Waals surface area contributed by atoms with Crippen molar-refractivity contribution in [1.82, 2.24) is 0 Å². The largest absolute Gasteiger partial charge is 0.228 e. The normalized spacial score (nSPS) is 17.2. The van der Waals surface area contributed by atoms with Crippen molar-refractivity contribution in [1.29, 1.82) is 0 Å². The van der Waals surface area contributed by atoms with Gasteiger partial charge >= 0.3 is 0 Å². The van der Waals surface area contributed by atoms with E-state index in [4.69, 9.17) is 9.78 Å². The SMILES string of the molecule is CCC(C)(C)/N=N/C(C)(CC(C)C)OOC(C)(C)C. The van der Waals surface area contributed by atoms with Crippen molar-refractivity contribution < 1.29 is 9.78 Å². The van der Waals surface area contributed by atoms with Gasteiger partial charge in [-0.15, -0.1) is 0 Å². The second-order valence-corrected chi connectivity index (χ2v) is 7.42. The molecule has 0 bridgehead atoms. The first-order chi connectivity index (χ1) is 8.39. The van der Waals surface area contributed by atoms with E-state index < -0.39 is 5.72 Å². The Kier molecular flexibility index (Phi) is 6.63. The Morgan fingerprint density at radius 3 is 1.79 bits per heavy atom. The van der Waals surface area contributed by atoms with E-state index in [1.807, 2.05) is 27.7 Å². The summed E-state index contributed by atoms with van der Waals surface area (Å²) < 4.78 is 0. The van der Waals surface area contributed by atoms with Gasteiger partial charge in [-0.3, -0.25) is 0 Å². The van der Waals surface area contributed by atoms with Gasteiger partial charge in [-0.1, -0.05) is 20.8 Å². The summed E-state index contributed by atoms with van der Waals surface area (Å²) in [6.45, 7) is 18.3. The van der Waals surface area contributed by atoms with Gasteiger partial charge in [-0.05, 0) is 53.9 Å². The average molecular weight is 272 g/mol. The van der Waals surface area contributed by atoms with Crippen molar-refractivity contribution in [3.63, 3.8) is 0 Å². The number of nitrogens with zero attached hydrogens (tertiary/aromatic N) is 2. The Balaban J connectivity index is 4.87. The molecule has 0 fully saturated rings. The van der Waals surface area contributed by atoms with Crippen LogP contribution in [0.4, 0.5) is 0 Å². The zero-order valence-corrected chi connectivity index (χ0v) is 14.2. The average Bonchev–Trinajstić information content (AvgIpc) is 2.23. The summed E-state index contributed by atoms with van der Waals surface area (Å²) in [5, 5.41) is 8.84. The van der Waals surface area contributed by atoms with Crippen molar-refractivity contribution in [2.75, 3.05) is 0 Å². The van der Waals surface area contributed by atoms with E-state index in [1.165, 1.54) is 0 Å². The van der Waals surface area contributed by atoms with Crippen LogP contribution >= 0.6 is 0 Å². The van der Waals surface area contributed by atoms with Gasteiger partial charge in [0.15, 0.2) is 0 Å². The molecule has 0 aliphatic heterocycles. The maximum absolute atomic E-state index is 5.58. The molecule has 4 nitrogen and oxygen atoms in total. The minimum absolute atomic E-state index is 0.163. The lowest BCUT2D eigenvalue weighted by Crippen LogP contribution is -2.33. The molecule has 0 radical (unpaired) electrons. The first-order valence-electron chi connectivity index (χ1n) is 7.20. The van der Waals surface area contributed by atoms with E-state index in [-0.39, 0.29) is 11.1 Å². The molecule has 0 aromatic rings. The van der Waals surface area contributed by atoms with Gasteiger partial charge in [0.05, 0.1) is 11.1 Å². The van der Waals surface area contributed by atoms with Crippen LogP contribution in [-0.2, 0) is 9.78 Å². The molecule has 114 valence electrons. The summed E-state index contributed by atoms with van der Waals surface area (Å²) in [5.41, 5.74) is -1.24. The van der Waals surface area contributed by atoms with E-state index in [9.17, 15) is 0 Å². The lowest BCUT2D eigenvalue weighted by molar-refractivity contribution is -0.402. The Hall–Kier alpha value is -0.480. The summed E-state index contributed by atoms with van der Waals surface area (Å²) in [6.07, 6.45) is 1.71. The van der Waals surface area contributed by atoms with Crippen molar-refractivity contribution in [2.45, 2.75) is 92.0 Å². The molecule has 0 saturated heterocycles. The van der Waals surface area contributed by atoms with Crippen molar-refractivity contribution in [2.24, 2.45) is 16.1 Å². The van der Waals surface area contributed by atoms with Crippen LogP contribution in [0.5, 0.6) is 0 Å². The molecule has 1 unspecified atom stereocenters. The van der Waals surface area contributed by atoms with Gasteiger partial charge in [0.25, 0.3) is 0 Å². The monoisotopic (exact) mass is 272 g/mol. The van der Waals surface area contributed by atoms with Crippen molar-refractivity contribution in [3.05, 3.63) is 0 Å². The second kappa shape index (κ2) is 6.80. The van der Waals surface area contributed by atoms with E-state index in [2.05, 4.69) is 44.8 Å². The molecule has 0 aromatic heterocycles. The van der Waals surface area contributed by atoms with Gasteiger partial charge in [0.2, 0.25) is 5.72 Å². The fourth-order valence-corrected chi connectivity index (χ4v) is 1.38. The molecule has 0 heterocycles. The van der Waals surface area contributed by atoms with Crippen molar-refractivity contribution in [3.8, 4) is 0 Å². The highest BCUT2D eigenvalue weighted by Gasteiger charge is 2.31. The van der Waals surface area contributed by atoms with Gasteiger partial charge in [-0.25, -0.2) is 9.78 Å². The minimum atomic E-state index is -0.728. The van der Waals surface area contributed by atoms with Crippen LogP contribution in [-0.4, -0.2) is 16.9 Å². The number of hydrogen-bond donors (Lipinski definition) is 0. The molecule has 4 heteroatoms. The van der Waals surface area contributed by atoms with E-state index >= 15 is 0 Å². The molecule has 0 aliphatic rings. The van der Waals surface area contributed by atoms with Gasteiger partial charge in [0, 0.05) is 6.42 Å². The standard InChI is InChI=1S/C15H32N2O2/c1-10-14(7,8)16-17-15(9,11-12(2)3)19-18-13(4,5)6/h12H,10-11H2,1-9H3/b17-16+. The quantitative estimate of drug-likeness (QED) is 0.366.